The first-order chi connectivity index (χ1) is 13.9. The van der Waals surface area contributed by atoms with Crippen molar-refractivity contribution >= 4 is 23.2 Å². The average Bonchev–Trinajstić information content (AvgIpc) is 2.72. The van der Waals surface area contributed by atoms with E-state index in [0.717, 1.165) is 5.56 Å². The number of nitrogens with zero attached hydrogens (tertiary/aromatic N) is 2. The van der Waals surface area contributed by atoms with Crippen LogP contribution in [0, 0.1) is 6.92 Å². The van der Waals surface area contributed by atoms with Crippen molar-refractivity contribution in [2.24, 2.45) is 0 Å². The number of rotatable bonds is 6. The molecule has 1 unspecified atom stereocenters. The number of aromatic nitrogens is 2. The minimum Gasteiger partial charge on any atom is -0.496 e. The predicted molar refractivity (Wildman–Crippen MR) is 114 cm³/mol. The van der Waals surface area contributed by atoms with Gasteiger partial charge in [0.15, 0.2) is 0 Å². The van der Waals surface area contributed by atoms with Crippen molar-refractivity contribution in [2.75, 3.05) is 12.4 Å². The van der Waals surface area contributed by atoms with Crippen LogP contribution in [0.5, 0.6) is 5.75 Å². The number of benzene rings is 2. The molecule has 0 radical (unpaired) electrons. The van der Waals surface area contributed by atoms with Crippen LogP contribution >= 0.6 is 11.6 Å². The van der Waals surface area contributed by atoms with E-state index in [4.69, 9.17) is 16.3 Å². The first kappa shape index (κ1) is 20.6. The molecule has 6 nitrogen and oxygen atoms in total. The van der Waals surface area contributed by atoms with Crippen LogP contribution in [-0.4, -0.2) is 22.8 Å². The van der Waals surface area contributed by atoms with Crippen molar-refractivity contribution in [3.63, 3.8) is 0 Å². The molecule has 2 aromatic carbocycles. The number of hydrogen-bond acceptors (Lipinski definition) is 4. The molecule has 0 saturated heterocycles. The standard InChI is InChI=1S/C22H22ClN3O3/c1-14-12-17(13-16-6-4-5-7-20(16)29-3)22(28)26(25-14)15(2)21(27)24-19-10-8-18(23)9-11-19/h4-12,15H,13H2,1-3H3,(H,24,27). The van der Waals surface area contributed by atoms with Gasteiger partial charge in [0.05, 0.1) is 12.8 Å². The number of carbonyl (C=O) groups excluding carboxylic acids is 1. The first-order valence-electron chi connectivity index (χ1n) is 9.16. The summed E-state index contributed by atoms with van der Waals surface area (Å²) in [5.41, 5.74) is 2.39. The van der Waals surface area contributed by atoms with E-state index in [1.165, 1.54) is 4.68 Å². The number of methoxy groups -OCH3 is 1. The summed E-state index contributed by atoms with van der Waals surface area (Å²) in [6.07, 6.45) is 0.387. The number of carbonyl (C=O) groups is 1. The van der Waals surface area contributed by atoms with Gasteiger partial charge in [-0.2, -0.15) is 5.10 Å². The maximum Gasteiger partial charge on any atom is 0.271 e. The molecule has 1 amide bonds. The molecule has 1 aromatic heterocycles. The van der Waals surface area contributed by atoms with Crippen LogP contribution in [0.2, 0.25) is 5.02 Å². The maximum atomic E-state index is 13.0. The lowest BCUT2D eigenvalue weighted by Gasteiger charge is -2.16. The normalized spacial score (nSPS) is 11.7. The smallest absolute Gasteiger partial charge is 0.271 e. The minimum atomic E-state index is -0.783. The summed E-state index contributed by atoms with van der Waals surface area (Å²) in [6, 6.07) is 15.3. The van der Waals surface area contributed by atoms with Gasteiger partial charge < -0.3 is 10.1 Å². The molecule has 0 spiro atoms. The van der Waals surface area contributed by atoms with Crippen molar-refractivity contribution < 1.29 is 9.53 Å². The second-order valence-electron chi connectivity index (χ2n) is 6.72. The van der Waals surface area contributed by atoms with Gasteiger partial charge in [0.25, 0.3) is 5.56 Å². The third kappa shape index (κ3) is 4.84. The Morgan fingerprint density at radius 1 is 1.17 bits per heavy atom. The highest BCUT2D eigenvalue weighted by molar-refractivity contribution is 6.30. The summed E-state index contributed by atoms with van der Waals surface area (Å²) in [5.74, 6) is 0.372. The van der Waals surface area contributed by atoms with Gasteiger partial charge in [0.1, 0.15) is 11.8 Å². The van der Waals surface area contributed by atoms with Gasteiger partial charge in [-0.05, 0) is 55.8 Å². The molecule has 0 aliphatic rings. The number of para-hydroxylation sites is 1. The Labute approximate surface area is 174 Å². The van der Waals surface area contributed by atoms with Crippen molar-refractivity contribution in [3.8, 4) is 5.75 Å². The molecule has 1 atom stereocenters. The molecule has 0 saturated carbocycles. The SMILES string of the molecule is COc1ccccc1Cc1cc(C)nn(C(C)C(=O)Nc2ccc(Cl)cc2)c1=O. The minimum absolute atomic E-state index is 0.305. The van der Waals surface area contributed by atoms with Gasteiger partial charge in [-0.1, -0.05) is 29.8 Å². The summed E-state index contributed by atoms with van der Waals surface area (Å²) in [5, 5.41) is 7.65. The molecule has 1 heterocycles. The highest BCUT2D eigenvalue weighted by Crippen LogP contribution is 2.20. The molecule has 0 aliphatic heterocycles. The molecule has 3 aromatic rings. The molecular formula is C22H22ClN3O3. The molecule has 3 rings (SSSR count). The van der Waals surface area contributed by atoms with E-state index >= 15 is 0 Å². The predicted octanol–water partition coefficient (Wildman–Crippen LogP) is 4.00. The lowest BCUT2D eigenvalue weighted by atomic mass is 10.0. The Hall–Kier alpha value is -3.12. The Kier molecular flexibility index (Phi) is 6.34. The van der Waals surface area contributed by atoms with E-state index in [2.05, 4.69) is 10.4 Å². The fourth-order valence-corrected chi connectivity index (χ4v) is 3.17. The van der Waals surface area contributed by atoms with Crippen LogP contribution < -0.4 is 15.6 Å². The number of aryl methyl sites for hydroxylation is 1. The van der Waals surface area contributed by atoms with Gasteiger partial charge in [0.2, 0.25) is 5.91 Å². The third-order valence-electron chi connectivity index (χ3n) is 4.56. The molecule has 1 N–H and O–H groups in total. The Balaban J connectivity index is 1.88. The van der Waals surface area contributed by atoms with Gasteiger partial charge in [0, 0.05) is 22.7 Å². The zero-order chi connectivity index (χ0) is 21.0. The monoisotopic (exact) mass is 411 g/mol. The Morgan fingerprint density at radius 2 is 1.86 bits per heavy atom. The zero-order valence-electron chi connectivity index (χ0n) is 16.5. The van der Waals surface area contributed by atoms with Crippen LogP contribution in [0.1, 0.15) is 29.8 Å². The number of hydrogen-bond donors (Lipinski definition) is 1. The zero-order valence-corrected chi connectivity index (χ0v) is 17.2. The number of anilines is 1. The fourth-order valence-electron chi connectivity index (χ4n) is 3.04. The number of nitrogens with one attached hydrogen (secondary N) is 1. The van der Waals surface area contributed by atoms with Gasteiger partial charge >= 0.3 is 0 Å². The van der Waals surface area contributed by atoms with Crippen molar-refractivity contribution in [1.82, 2.24) is 9.78 Å². The van der Waals surface area contributed by atoms with Gasteiger partial charge in [-0.25, -0.2) is 4.68 Å². The summed E-state index contributed by atoms with van der Waals surface area (Å²) in [7, 11) is 1.60. The molecule has 29 heavy (non-hydrogen) atoms. The van der Waals surface area contributed by atoms with E-state index in [1.807, 2.05) is 24.3 Å². The topological polar surface area (TPSA) is 73.2 Å². The van der Waals surface area contributed by atoms with Crippen LogP contribution in [0.3, 0.4) is 0 Å². The summed E-state index contributed by atoms with van der Waals surface area (Å²) >= 11 is 5.87. The summed E-state index contributed by atoms with van der Waals surface area (Å²) in [4.78, 5) is 25.7. The lowest BCUT2D eigenvalue weighted by Crippen LogP contribution is -2.35. The van der Waals surface area contributed by atoms with Crippen LogP contribution in [0.15, 0.2) is 59.4 Å². The highest BCUT2D eigenvalue weighted by Gasteiger charge is 2.20. The van der Waals surface area contributed by atoms with Crippen LogP contribution in [-0.2, 0) is 11.2 Å². The lowest BCUT2D eigenvalue weighted by molar-refractivity contribution is -0.119. The van der Waals surface area contributed by atoms with Gasteiger partial charge in [-0.15, -0.1) is 0 Å². The van der Waals surface area contributed by atoms with E-state index in [0.29, 0.717) is 34.1 Å². The highest BCUT2D eigenvalue weighted by atomic mass is 35.5. The quantitative estimate of drug-likeness (QED) is 0.665. The average molecular weight is 412 g/mol. The van der Waals surface area contributed by atoms with Crippen LogP contribution in [0.25, 0.3) is 0 Å². The summed E-state index contributed by atoms with van der Waals surface area (Å²) in [6.45, 7) is 3.44. The third-order valence-corrected chi connectivity index (χ3v) is 4.81. The molecule has 7 heteroatoms. The molecule has 0 fully saturated rings. The maximum absolute atomic E-state index is 13.0. The van der Waals surface area contributed by atoms with E-state index < -0.39 is 6.04 Å². The second-order valence-corrected chi connectivity index (χ2v) is 7.16. The van der Waals surface area contributed by atoms with Gasteiger partial charge in [-0.3, -0.25) is 9.59 Å². The number of ether oxygens (including phenoxy) is 1. The number of amides is 1. The fraction of sp³-hybridized carbons (Fsp3) is 0.227. The first-order valence-corrected chi connectivity index (χ1v) is 9.54. The molecule has 0 aliphatic carbocycles. The van der Waals surface area contributed by atoms with Crippen molar-refractivity contribution in [3.05, 3.63) is 86.8 Å². The molecule has 150 valence electrons. The Bertz CT molecular complexity index is 1080. The van der Waals surface area contributed by atoms with Crippen molar-refractivity contribution in [1.29, 1.82) is 0 Å². The second kappa shape index (κ2) is 8.92. The molecule has 0 bridgehead atoms. The largest absolute Gasteiger partial charge is 0.496 e. The Morgan fingerprint density at radius 3 is 2.55 bits per heavy atom. The van der Waals surface area contributed by atoms with E-state index in [-0.39, 0.29) is 11.5 Å². The summed E-state index contributed by atoms with van der Waals surface area (Å²) < 4.78 is 6.61. The van der Waals surface area contributed by atoms with E-state index in [1.54, 1.807) is 51.3 Å². The molecular weight excluding hydrogens is 390 g/mol. The number of halogens is 1. The van der Waals surface area contributed by atoms with Crippen LogP contribution in [0.4, 0.5) is 5.69 Å². The van der Waals surface area contributed by atoms with E-state index in [9.17, 15) is 9.59 Å². The van der Waals surface area contributed by atoms with Crippen molar-refractivity contribution in [2.45, 2.75) is 26.3 Å².